The van der Waals surface area contributed by atoms with Crippen molar-refractivity contribution in [3.63, 3.8) is 0 Å². The Hall–Kier alpha value is -0.160. The van der Waals surface area contributed by atoms with E-state index in [2.05, 4.69) is 20.8 Å². The Morgan fingerprint density at radius 1 is 0.750 bits per heavy atom. The molecule has 0 rings (SSSR count). The van der Waals surface area contributed by atoms with Crippen LogP contribution in [0.4, 0.5) is 0 Å². The van der Waals surface area contributed by atoms with Crippen molar-refractivity contribution in [2.24, 2.45) is 11.1 Å². The van der Waals surface area contributed by atoms with Crippen LogP contribution in [0, 0.1) is 5.41 Å². The van der Waals surface area contributed by atoms with Crippen LogP contribution >= 0.6 is 0 Å². The van der Waals surface area contributed by atoms with Crippen LogP contribution in [0.1, 0.15) is 27.2 Å². The highest BCUT2D eigenvalue weighted by molar-refractivity contribution is 4.59. The Kier molecular flexibility index (Phi) is 9.92. The zero-order valence-electron chi connectivity index (χ0n) is 11.0. The molecule has 0 aliphatic heterocycles. The SMILES string of the molecule is CC(C)(C)CCOCCOCCOCCN. The molecule has 0 radical (unpaired) electrons. The first-order valence-electron chi connectivity index (χ1n) is 5.99. The third kappa shape index (κ3) is 13.8. The summed E-state index contributed by atoms with van der Waals surface area (Å²) in [5.74, 6) is 0. The lowest BCUT2D eigenvalue weighted by Gasteiger charge is -2.17. The average Bonchev–Trinajstić information content (AvgIpc) is 2.19. The molecule has 0 saturated carbocycles. The van der Waals surface area contributed by atoms with Gasteiger partial charge in [0, 0.05) is 13.2 Å². The topological polar surface area (TPSA) is 53.7 Å². The van der Waals surface area contributed by atoms with Gasteiger partial charge in [-0.05, 0) is 11.8 Å². The zero-order valence-corrected chi connectivity index (χ0v) is 11.0. The lowest BCUT2D eigenvalue weighted by molar-refractivity contribution is 0.0117. The van der Waals surface area contributed by atoms with Gasteiger partial charge in [-0.15, -0.1) is 0 Å². The first kappa shape index (κ1) is 15.8. The summed E-state index contributed by atoms with van der Waals surface area (Å²) in [7, 11) is 0. The van der Waals surface area contributed by atoms with Gasteiger partial charge >= 0.3 is 0 Å². The molecule has 0 aromatic heterocycles. The molecular formula is C12H27NO3. The monoisotopic (exact) mass is 233 g/mol. The van der Waals surface area contributed by atoms with Gasteiger partial charge in [0.05, 0.1) is 33.0 Å². The van der Waals surface area contributed by atoms with E-state index in [1.54, 1.807) is 0 Å². The predicted molar refractivity (Wildman–Crippen MR) is 65.6 cm³/mol. The van der Waals surface area contributed by atoms with Gasteiger partial charge in [-0.25, -0.2) is 0 Å². The Morgan fingerprint density at radius 3 is 1.62 bits per heavy atom. The molecule has 0 aromatic rings. The van der Waals surface area contributed by atoms with E-state index in [4.69, 9.17) is 19.9 Å². The molecule has 0 bridgehead atoms. The third-order valence-electron chi connectivity index (χ3n) is 2.00. The molecule has 0 heterocycles. The van der Waals surface area contributed by atoms with E-state index >= 15 is 0 Å². The Balaban J connectivity index is 2.99. The molecular weight excluding hydrogens is 206 g/mol. The summed E-state index contributed by atoms with van der Waals surface area (Å²) in [5.41, 5.74) is 5.62. The maximum absolute atomic E-state index is 5.45. The van der Waals surface area contributed by atoms with Gasteiger partial charge in [0.2, 0.25) is 0 Å². The fraction of sp³-hybridized carbons (Fsp3) is 1.00. The minimum atomic E-state index is 0.344. The molecule has 0 fully saturated rings. The van der Waals surface area contributed by atoms with Crippen LogP contribution < -0.4 is 5.73 Å². The number of nitrogens with two attached hydrogens (primary N) is 1. The van der Waals surface area contributed by atoms with Gasteiger partial charge in [0.1, 0.15) is 0 Å². The standard InChI is InChI=1S/C12H27NO3/c1-12(2,3)4-6-14-8-10-16-11-9-15-7-5-13/h4-11,13H2,1-3H3. The summed E-state index contributed by atoms with van der Waals surface area (Å²) in [5, 5.41) is 0. The smallest absolute Gasteiger partial charge is 0.0701 e. The maximum Gasteiger partial charge on any atom is 0.0701 e. The molecule has 0 unspecified atom stereocenters. The van der Waals surface area contributed by atoms with Gasteiger partial charge in [0.15, 0.2) is 0 Å². The van der Waals surface area contributed by atoms with Crippen molar-refractivity contribution >= 4 is 0 Å². The van der Waals surface area contributed by atoms with E-state index in [0.717, 1.165) is 13.0 Å². The van der Waals surface area contributed by atoms with E-state index in [0.29, 0.717) is 45.0 Å². The van der Waals surface area contributed by atoms with Crippen LogP contribution in [-0.2, 0) is 14.2 Å². The number of rotatable bonds is 10. The van der Waals surface area contributed by atoms with E-state index in [1.807, 2.05) is 0 Å². The van der Waals surface area contributed by atoms with Crippen LogP contribution in [0.25, 0.3) is 0 Å². The van der Waals surface area contributed by atoms with Crippen molar-refractivity contribution in [1.29, 1.82) is 0 Å². The summed E-state index contributed by atoms with van der Waals surface area (Å²) in [4.78, 5) is 0. The van der Waals surface area contributed by atoms with Gasteiger partial charge in [-0.2, -0.15) is 0 Å². The first-order valence-corrected chi connectivity index (χ1v) is 5.99. The third-order valence-corrected chi connectivity index (χ3v) is 2.00. The second-order valence-electron chi connectivity index (χ2n) is 4.94. The molecule has 0 amide bonds. The first-order chi connectivity index (χ1) is 7.56. The fourth-order valence-electron chi connectivity index (χ4n) is 1.00. The summed E-state index contributed by atoms with van der Waals surface area (Å²) in [6.07, 6.45) is 1.08. The van der Waals surface area contributed by atoms with E-state index in [9.17, 15) is 0 Å². The molecule has 0 aliphatic carbocycles. The molecule has 4 heteroatoms. The summed E-state index contributed by atoms with van der Waals surface area (Å²) >= 11 is 0. The highest BCUT2D eigenvalue weighted by Gasteiger charge is 2.08. The van der Waals surface area contributed by atoms with E-state index in [1.165, 1.54) is 0 Å². The quantitative estimate of drug-likeness (QED) is 0.580. The summed E-state index contributed by atoms with van der Waals surface area (Å²) in [6.45, 7) is 11.1. The summed E-state index contributed by atoms with van der Waals surface area (Å²) < 4.78 is 15.9. The van der Waals surface area contributed by atoms with Gasteiger partial charge in [-0.3, -0.25) is 0 Å². The Morgan fingerprint density at radius 2 is 1.19 bits per heavy atom. The van der Waals surface area contributed by atoms with Crippen molar-refractivity contribution < 1.29 is 14.2 Å². The molecule has 16 heavy (non-hydrogen) atoms. The molecule has 98 valence electrons. The van der Waals surface area contributed by atoms with Crippen LogP contribution in [-0.4, -0.2) is 46.2 Å². The Bertz CT molecular complexity index is 146. The van der Waals surface area contributed by atoms with Crippen molar-refractivity contribution in [2.75, 3.05) is 46.2 Å². The largest absolute Gasteiger partial charge is 0.379 e. The molecule has 0 atom stereocenters. The number of hydrogen-bond donors (Lipinski definition) is 1. The second-order valence-corrected chi connectivity index (χ2v) is 4.94. The van der Waals surface area contributed by atoms with E-state index < -0.39 is 0 Å². The lowest BCUT2D eigenvalue weighted by Crippen LogP contribution is -2.14. The van der Waals surface area contributed by atoms with Crippen molar-refractivity contribution in [1.82, 2.24) is 0 Å². The molecule has 4 nitrogen and oxygen atoms in total. The lowest BCUT2D eigenvalue weighted by atomic mass is 9.93. The molecule has 0 saturated heterocycles. The predicted octanol–water partition coefficient (Wildman–Crippen LogP) is 1.43. The van der Waals surface area contributed by atoms with Crippen molar-refractivity contribution in [3.8, 4) is 0 Å². The average molecular weight is 233 g/mol. The molecule has 0 aliphatic rings. The van der Waals surface area contributed by atoms with Crippen LogP contribution in [0.15, 0.2) is 0 Å². The van der Waals surface area contributed by atoms with Crippen LogP contribution in [0.5, 0.6) is 0 Å². The van der Waals surface area contributed by atoms with Gasteiger partial charge in [-0.1, -0.05) is 20.8 Å². The maximum atomic E-state index is 5.45. The second kappa shape index (κ2) is 10.0. The minimum absolute atomic E-state index is 0.344. The molecule has 0 spiro atoms. The normalized spacial score (nSPS) is 12.0. The number of hydrogen-bond acceptors (Lipinski definition) is 4. The Labute approximate surface area is 99.4 Å². The van der Waals surface area contributed by atoms with Gasteiger partial charge in [0.25, 0.3) is 0 Å². The van der Waals surface area contributed by atoms with Crippen LogP contribution in [0.3, 0.4) is 0 Å². The van der Waals surface area contributed by atoms with Crippen molar-refractivity contribution in [3.05, 3.63) is 0 Å². The summed E-state index contributed by atoms with van der Waals surface area (Å²) in [6, 6.07) is 0. The fourth-order valence-corrected chi connectivity index (χ4v) is 1.00. The highest BCUT2D eigenvalue weighted by Crippen LogP contribution is 2.17. The van der Waals surface area contributed by atoms with Crippen molar-refractivity contribution in [2.45, 2.75) is 27.2 Å². The highest BCUT2D eigenvalue weighted by atomic mass is 16.5. The number of ether oxygens (including phenoxy) is 3. The van der Waals surface area contributed by atoms with Gasteiger partial charge < -0.3 is 19.9 Å². The molecule has 0 aromatic carbocycles. The van der Waals surface area contributed by atoms with E-state index in [-0.39, 0.29) is 0 Å². The zero-order chi connectivity index (χ0) is 12.3. The molecule has 2 N–H and O–H groups in total. The van der Waals surface area contributed by atoms with Crippen LogP contribution in [0.2, 0.25) is 0 Å². The minimum Gasteiger partial charge on any atom is -0.379 e.